The molecule has 0 aromatic heterocycles. The molecule has 4 aliphatic rings. The third-order valence-corrected chi connectivity index (χ3v) is 6.27. The summed E-state index contributed by atoms with van der Waals surface area (Å²) in [7, 11) is 1.73. The number of rotatable bonds is 5. The van der Waals surface area contributed by atoms with Gasteiger partial charge in [-0.1, -0.05) is 12.1 Å². The van der Waals surface area contributed by atoms with Gasteiger partial charge in [0.15, 0.2) is 11.6 Å². The van der Waals surface area contributed by atoms with Crippen LogP contribution in [0.1, 0.15) is 30.7 Å². The second kappa shape index (κ2) is 6.70. The number of likely N-dealkylation sites (tertiary alicyclic amines) is 1. The van der Waals surface area contributed by atoms with Crippen LogP contribution in [-0.4, -0.2) is 61.8 Å². The standard InChI is InChI=1S/C19H26F2N2O/c1-24-11-3-8-23-12-15(14-4-2-5-16(20)17(14)21)19-18(23)13-6-9-22(19)10-7-13/h2,4-5,13,15,18-19H,3,6-12H2,1H3/t15-,18+,19+/m1/s1. The van der Waals surface area contributed by atoms with Crippen molar-refractivity contribution in [1.29, 1.82) is 0 Å². The highest BCUT2D eigenvalue weighted by atomic mass is 19.2. The molecule has 4 aliphatic heterocycles. The van der Waals surface area contributed by atoms with E-state index >= 15 is 0 Å². The van der Waals surface area contributed by atoms with E-state index in [1.807, 2.05) is 0 Å². The van der Waals surface area contributed by atoms with Gasteiger partial charge in [-0.05, 0) is 49.9 Å². The highest BCUT2D eigenvalue weighted by Gasteiger charge is 2.53. The molecule has 0 amide bonds. The molecule has 4 saturated heterocycles. The van der Waals surface area contributed by atoms with Crippen LogP contribution in [0.25, 0.3) is 0 Å². The molecule has 24 heavy (non-hydrogen) atoms. The summed E-state index contributed by atoms with van der Waals surface area (Å²) in [6, 6.07) is 5.46. The Bertz CT molecular complexity index is 589. The van der Waals surface area contributed by atoms with E-state index in [0.29, 0.717) is 23.6 Å². The molecule has 0 aliphatic carbocycles. The normalized spacial score (nSPS) is 35.4. The Hall–Kier alpha value is -1.04. The first kappa shape index (κ1) is 16.4. The lowest BCUT2D eigenvalue weighted by atomic mass is 9.75. The molecule has 0 unspecified atom stereocenters. The van der Waals surface area contributed by atoms with Crippen LogP contribution < -0.4 is 0 Å². The van der Waals surface area contributed by atoms with Gasteiger partial charge in [-0.25, -0.2) is 8.78 Å². The zero-order valence-electron chi connectivity index (χ0n) is 14.3. The van der Waals surface area contributed by atoms with E-state index in [1.54, 1.807) is 19.2 Å². The quantitative estimate of drug-likeness (QED) is 0.769. The Morgan fingerprint density at radius 2 is 1.96 bits per heavy atom. The minimum atomic E-state index is -0.724. The van der Waals surface area contributed by atoms with Crippen molar-refractivity contribution in [2.24, 2.45) is 5.92 Å². The second-order valence-corrected chi connectivity index (χ2v) is 7.45. The minimum absolute atomic E-state index is 0.0661. The number of hydrogen-bond acceptors (Lipinski definition) is 3. The van der Waals surface area contributed by atoms with E-state index < -0.39 is 11.6 Å². The maximum absolute atomic E-state index is 14.5. The molecule has 132 valence electrons. The van der Waals surface area contributed by atoms with E-state index in [1.165, 1.54) is 18.9 Å². The van der Waals surface area contributed by atoms with Gasteiger partial charge in [0.05, 0.1) is 0 Å². The molecular formula is C19H26F2N2O. The number of benzene rings is 1. The minimum Gasteiger partial charge on any atom is -0.385 e. The summed E-state index contributed by atoms with van der Waals surface area (Å²) < 4.78 is 33.4. The molecule has 4 fully saturated rings. The van der Waals surface area contributed by atoms with Crippen molar-refractivity contribution in [3.8, 4) is 0 Å². The molecule has 2 bridgehead atoms. The molecule has 0 radical (unpaired) electrons. The summed E-state index contributed by atoms with van der Waals surface area (Å²) in [5.41, 5.74) is 0.562. The van der Waals surface area contributed by atoms with Gasteiger partial charge in [-0.15, -0.1) is 0 Å². The summed E-state index contributed by atoms with van der Waals surface area (Å²) in [6.45, 7) is 4.76. The first-order valence-corrected chi connectivity index (χ1v) is 9.11. The maximum Gasteiger partial charge on any atom is 0.162 e. The van der Waals surface area contributed by atoms with Crippen molar-refractivity contribution in [2.45, 2.75) is 37.3 Å². The largest absolute Gasteiger partial charge is 0.385 e. The molecular weight excluding hydrogens is 310 g/mol. The summed E-state index contributed by atoms with van der Waals surface area (Å²) in [5.74, 6) is -0.610. The van der Waals surface area contributed by atoms with Gasteiger partial charge < -0.3 is 4.74 Å². The smallest absolute Gasteiger partial charge is 0.162 e. The van der Waals surface area contributed by atoms with Crippen molar-refractivity contribution < 1.29 is 13.5 Å². The molecule has 3 nitrogen and oxygen atoms in total. The van der Waals surface area contributed by atoms with Gasteiger partial charge in [0.25, 0.3) is 0 Å². The molecule has 5 heteroatoms. The fourth-order valence-corrected chi connectivity index (χ4v) is 5.28. The van der Waals surface area contributed by atoms with Crippen molar-refractivity contribution in [3.05, 3.63) is 35.4 Å². The molecule has 0 N–H and O–H groups in total. The van der Waals surface area contributed by atoms with Crippen LogP contribution >= 0.6 is 0 Å². The van der Waals surface area contributed by atoms with Crippen molar-refractivity contribution in [3.63, 3.8) is 0 Å². The van der Waals surface area contributed by atoms with E-state index in [9.17, 15) is 8.78 Å². The third-order valence-electron chi connectivity index (χ3n) is 6.27. The molecule has 5 rings (SSSR count). The van der Waals surface area contributed by atoms with Crippen LogP contribution in [-0.2, 0) is 4.74 Å². The highest BCUT2D eigenvalue weighted by Crippen LogP contribution is 2.47. The van der Waals surface area contributed by atoms with E-state index in [2.05, 4.69) is 9.80 Å². The van der Waals surface area contributed by atoms with Crippen LogP contribution in [0.2, 0.25) is 0 Å². The Labute approximate surface area is 142 Å². The van der Waals surface area contributed by atoms with Gasteiger partial charge in [-0.3, -0.25) is 9.80 Å². The van der Waals surface area contributed by atoms with Crippen molar-refractivity contribution in [1.82, 2.24) is 9.80 Å². The van der Waals surface area contributed by atoms with Crippen molar-refractivity contribution >= 4 is 0 Å². The maximum atomic E-state index is 14.5. The van der Waals surface area contributed by atoms with Crippen molar-refractivity contribution in [2.75, 3.05) is 39.9 Å². The Balaban J connectivity index is 1.63. The lowest BCUT2D eigenvalue weighted by Gasteiger charge is -2.51. The molecule has 0 saturated carbocycles. The van der Waals surface area contributed by atoms with Crippen LogP contribution in [0.3, 0.4) is 0 Å². The molecule has 3 atom stereocenters. The number of methoxy groups -OCH3 is 1. The summed E-state index contributed by atoms with van der Waals surface area (Å²) in [6.07, 6.45) is 3.46. The van der Waals surface area contributed by atoms with Crippen LogP contribution in [0, 0.1) is 17.6 Å². The zero-order chi connectivity index (χ0) is 16.7. The molecule has 1 aromatic rings. The number of nitrogens with zero attached hydrogens (tertiary/aromatic N) is 2. The monoisotopic (exact) mass is 336 g/mol. The number of fused-ring (bicyclic) bond motifs is 2. The Kier molecular flexibility index (Phi) is 4.58. The number of halogens is 2. The average Bonchev–Trinajstić information content (AvgIpc) is 3.00. The zero-order valence-corrected chi connectivity index (χ0v) is 14.3. The SMILES string of the molecule is COCCCN1C[C@H](c2cccc(F)c2F)[C@H]2[C@@H]1C1CCN2CC1. The van der Waals surface area contributed by atoms with Gasteiger partial charge in [-0.2, -0.15) is 0 Å². The van der Waals surface area contributed by atoms with E-state index in [4.69, 9.17) is 4.74 Å². The summed E-state index contributed by atoms with van der Waals surface area (Å²) in [5, 5.41) is 0. The van der Waals surface area contributed by atoms with Crippen LogP contribution in [0.5, 0.6) is 0 Å². The lowest BCUT2D eigenvalue weighted by Crippen LogP contribution is -2.60. The summed E-state index contributed by atoms with van der Waals surface area (Å²) >= 11 is 0. The van der Waals surface area contributed by atoms with Gasteiger partial charge in [0.1, 0.15) is 0 Å². The molecule has 4 heterocycles. The number of piperidine rings is 3. The van der Waals surface area contributed by atoms with E-state index in [0.717, 1.165) is 39.2 Å². The Morgan fingerprint density at radius 1 is 1.17 bits per heavy atom. The third kappa shape index (κ3) is 2.67. The molecule has 1 aromatic carbocycles. The number of ether oxygens (including phenoxy) is 1. The lowest BCUT2D eigenvalue weighted by molar-refractivity contribution is -0.00822. The van der Waals surface area contributed by atoms with E-state index in [-0.39, 0.29) is 5.92 Å². The molecule has 0 spiro atoms. The fourth-order valence-electron chi connectivity index (χ4n) is 5.28. The van der Waals surface area contributed by atoms with Gasteiger partial charge >= 0.3 is 0 Å². The fraction of sp³-hybridized carbons (Fsp3) is 0.684. The Morgan fingerprint density at radius 3 is 2.71 bits per heavy atom. The predicted molar refractivity (Wildman–Crippen MR) is 89.0 cm³/mol. The van der Waals surface area contributed by atoms with Crippen LogP contribution in [0.4, 0.5) is 8.78 Å². The second-order valence-electron chi connectivity index (χ2n) is 7.45. The first-order chi connectivity index (χ1) is 11.7. The number of hydrogen-bond donors (Lipinski definition) is 0. The van der Waals surface area contributed by atoms with Gasteiger partial charge in [0, 0.05) is 44.8 Å². The topological polar surface area (TPSA) is 15.7 Å². The highest BCUT2D eigenvalue weighted by molar-refractivity contribution is 5.29. The average molecular weight is 336 g/mol. The summed E-state index contributed by atoms with van der Waals surface area (Å²) in [4.78, 5) is 5.05. The first-order valence-electron chi connectivity index (χ1n) is 9.11. The van der Waals surface area contributed by atoms with Gasteiger partial charge in [0.2, 0.25) is 0 Å². The van der Waals surface area contributed by atoms with Crippen LogP contribution in [0.15, 0.2) is 18.2 Å². The predicted octanol–water partition coefficient (Wildman–Crippen LogP) is 2.86.